The summed E-state index contributed by atoms with van der Waals surface area (Å²) in [7, 11) is 0. The maximum absolute atomic E-state index is 12.1. The number of halogens is 1. The summed E-state index contributed by atoms with van der Waals surface area (Å²) in [5.41, 5.74) is 1.50. The molecule has 0 aliphatic carbocycles. The Kier molecular flexibility index (Phi) is 5.84. The van der Waals surface area contributed by atoms with E-state index in [-0.39, 0.29) is 12.0 Å². The molecule has 0 aliphatic heterocycles. The molecular weight excluding hydrogens is 298 g/mol. The van der Waals surface area contributed by atoms with Crippen molar-refractivity contribution in [1.29, 1.82) is 0 Å². The van der Waals surface area contributed by atoms with E-state index in [9.17, 15) is 4.79 Å². The lowest BCUT2D eigenvalue weighted by Crippen LogP contribution is -2.22. The number of hydrogen-bond donors (Lipinski definition) is 1. The average molecular weight is 318 g/mol. The normalized spacial score (nSPS) is 11.8. The van der Waals surface area contributed by atoms with Gasteiger partial charge in [0.15, 0.2) is 0 Å². The van der Waals surface area contributed by atoms with E-state index in [1.807, 2.05) is 43.3 Å². The van der Waals surface area contributed by atoms with Crippen molar-refractivity contribution in [3.8, 4) is 5.75 Å². The van der Waals surface area contributed by atoms with Gasteiger partial charge in [-0.05, 0) is 49.2 Å². The highest BCUT2D eigenvalue weighted by Crippen LogP contribution is 2.16. The summed E-state index contributed by atoms with van der Waals surface area (Å²) < 4.78 is 5.69. The second-order valence-corrected chi connectivity index (χ2v) is 5.54. The molecule has 0 spiro atoms. The van der Waals surface area contributed by atoms with Gasteiger partial charge in [0.2, 0.25) is 0 Å². The Morgan fingerprint density at radius 3 is 2.50 bits per heavy atom. The number of ether oxygens (including phenoxy) is 1. The van der Waals surface area contributed by atoms with Gasteiger partial charge >= 0.3 is 0 Å². The van der Waals surface area contributed by atoms with E-state index in [4.69, 9.17) is 16.3 Å². The van der Waals surface area contributed by atoms with Crippen molar-refractivity contribution >= 4 is 17.5 Å². The van der Waals surface area contributed by atoms with Gasteiger partial charge in [-0.3, -0.25) is 4.79 Å². The van der Waals surface area contributed by atoms with Gasteiger partial charge in [0.1, 0.15) is 5.75 Å². The van der Waals surface area contributed by atoms with Crippen LogP contribution < -0.4 is 10.1 Å². The number of amides is 1. The van der Waals surface area contributed by atoms with E-state index in [0.29, 0.717) is 17.1 Å². The molecule has 1 amide bonds. The minimum absolute atomic E-state index is 0.130. The van der Waals surface area contributed by atoms with Crippen LogP contribution in [0, 0.1) is 0 Å². The van der Waals surface area contributed by atoms with Gasteiger partial charge in [-0.1, -0.05) is 36.7 Å². The Bertz CT molecular complexity index is 625. The molecule has 0 aromatic heterocycles. The van der Waals surface area contributed by atoms with Crippen LogP contribution >= 0.6 is 11.6 Å². The first-order chi connectivity index (χ1) is 10.6. The van der Waals surface area contributed by atoms with Crippen LogP contribution in [0.5, 0.6) is 5.75 Å². The minimum Gasteiger partial charge on any atom is -0.491 e. The molecule has 0 fully saturated rings. The van der Waals surface area contributed by atoms with Gasteiger partial charge in [0.25, 0.3) is 5.91 Å². The average Bonchev–Trinajstić information content (AvgIpc) is 2.54. The number of hydrogen-bond acceptors (Lipinski definition) is 2. The molecule has 0 aliphatic rings. The highest BCUT2D eigenvalue weighted by Gasteiger charge is 2.07. The number of carbonyl (C=O) groups is 1. The van der Waals surface area contributed by atoms with Crippen molar-refractivity contribution in [2.45, 2.75) is 32.9 Å². The smallest absolute Gasteiger partial charge is 0.251 e. The molecule has 0 bridgehead atoms. The van der Waals surface area contributed by atoms with E-state index in [1.54, 1.807) is 12.1 Å². The molecule has 1 unspecified atom stereocenters. The Morgan fingerprint density at radius 1 is 1.18 bits per heavy atom. The molecule has 4 heteroatoms. The second-order valence-electron chi connectivity index (χ2n) is 5.14. The fourth-order valence-electron chi connectivity index (χ4n) is 1.92. The molecule has 3 nitrogen and oxygen atoms in total. The van der Waals surface area contributed by atoms with Gasteiger partial charge in [0, 0.05) is 17.1 Å². The lowest BCUT2D eigenvalue weighted by molar-refractivity contribution is 0.0951. The summed E-state index contributed by atoms with van der Waals surface area (Å²) in [5, 5.41) is 3.52. The summed E-state index contributed by atoms with van der Waals surface area (Å²) in [6, 6.07) is 14.6. The molecule has 22 heavy (non-hydrogen) atoms. The van der Waals surface area contributed by atoms with Gasteiger partial charge < -0.3 is 10.1 Å². The summed E-state index contributed by atoms with van der Waals surface area (Å²) >= 11 is 6.07. The summed E-state index contributed by atoms with van der Waals surface area (Å²) in [4.78, 5) is 12.1. The fraction of sp³-hybridized carbons (Fsp3) is 0.278. The zero-order valence-electron chi connectivity index (χ0n) is 12.8. The zero-order valence-corrected chi connectivity index (χ0v) is 13.6. The van der Waals surface area contributed by atoms with Gasteiger partial charge in [-0.2, -0.15) is 0 Å². The van der Waals surface area contributed by atoms with Crippen LogP contribution in [-0.4, -0.2) is 12.0 Å². The van der Waals surface area contributed by atoms with Crippen LogP contribution in [0.1, 0.15) is 36.2 Å². The van der Waals surface area contributed by atoms with Crippen molar-refractivity contribution in [2.24, 2.45) is 0 Å². The molecule has 2 aromatic carbocycles. The third-order valence-corrected chi connectivity index (χ3v) is 3.79. The summed E-state index contributed by atoms with van der Waals surface area (Å²) in [6.45, 7) is 4.50. The second kappa shape index (κ2) is 7.85. The van der Waals surface area contributed by atoms with Crippen LogP contribution in [0.15, 0.2) is 48.5 Å². The van der Waals surface area contributed by atoms with Crippen LogP contribution in [-0.2, 0) is 6.54 Å². The number of nitrogens with one attached hydrogen (secondary N) is 1. The summed E-state index contributed by atoms with van der Waals surface area (Å²) in [6.07, 6.45) is 1.11. The third kappa shape index (κ3) is 4.50. The lowest BCUT2D eigenvalue weighted by Gasteiger charge is -2.13. The van der Waals surface area contributed by atoms with E-state index in [0.717, 1.165) is 17.7 Å². The molecule has 1 N–H and O–H groups in total. The van der Waals surface area contributed by atoms with E-state index in [2.05, 4.69) is 12.2 Å². The topological polar surface area (TPSA) is 38.3 Å². The van der Waals surface area contributed by atoms with Gasteiger partial charge in [-0.25, -0.2) is 0 Å². The van der Waals surface area contributed by atoms with Crippen molar-refractivity contribution in [2.75, 3.05) is 0 Å². The van der Waals surface area contributed by atoms with E-state index in [1.165, 1.54) is 0 Å². The first kappa shape index (κ1) is 16.4. The quantitative estimate of drug-likeness (QED) is 0.855. The van der Waals surface area contributed by atoms with Crippen molar-refractivity contribution in [1.82, 2.24) is 5.32 Å². The molecule has 1 atom stereocenters. The Morgan fingerprint density at radius 2 is 1.86 bits per heavy atom. The fourth-order valence-corrected chi connectivity index (χ4v) is 2.12. The number of rotatable bonds is 6. The predicted molar refractivity (Wildman–Crippen MR) is 89.4 cm³/mol. The Hall–Kier alpha value is -2.00. The van der Waals surface area contributed by atoms with Gasteiger partial charge in [-0.15, -0.1) is 0 Å². The number of carbonyl (C=O) groups excluding carboxylic acids is 1. The standard InChI is InChI=1S/C18H20ClNO2/c1-3-13(2)22-16-10-8-14(9-11-16)18(21)20-12-15-6-4-5-7-17(15)19/h4-11,13H,3,12H2,1-2H3,(H,20,21). The lowest BCUT2D eigenvalue weighted by atomic mass is 10.2. The first-order valence-corrected chi connectivity index (χ1v) is 7.76. The summed E-state index contributed by atoms with van der Waals surface area (Å²) in [5.74, 6) is 0.645. The van der Waals surface area contributed by atoms with Gasteiger partial charge in [0.05, 0.1) is 6.10 Å². The van der Waals surface area contributed by atoms with Crippen LogP contribution in [0.25, 0.3) is 0 Å². The van der Waals surface area contributed by atoms with Crippen LogP contribution in [0.3, 0.4) is 0 Å². The van der Waals surface area contributed by atoms with Crippen molar-refractivity contribution < 1.29 is 9.53 Å². The van der Waals surface area contributed by atoms with Crippen LogP contribution in [0.4, 0.5) is 0 Å². The first-order valence-electron chi connectivity index (χ1n) is 7.38. The van der Waals surface area contributed by atoms with E-state index < -0.39 is 0 Å². The highest BCUT2D eigenvalue weighted by molar-refractivity contribution is 6.31. The molecule has 116 valence electrons. The molecule has 0 saturated heterocycles. The molecule has 2 aromatic rings. The molecule has 0 radical (unpaired) electrons. The van der Waals surface area contributed by atoms with Crippen LogP contribution in [0.2, 0.25) is 5.02 Å². The Labute approximate surface area is 136 Å². The maximum atomic E-state index is 12.1. The number of benzene rings is 2. The minimum atomic E-state index is -0.130. The Balaban J connectivity index is 1.94. The van der Waals surface area contributed by atoms with Crippen molar-refractivity contribution in [3.05, 3.63) is 64.7 Å². The molecule has 0 heterocycles. The monoisotopic (exact) mass is 317 g/mol. The molecule has 0 saturated carbocycles. The SMILES string of the molecule is CCC(C)Oc1ccc(C(=O)NCc2ccccc2Cl)cc1. The zero-order chi connectivity index (χ0) is 15.9. The largest absolute Gasteiger partial charge is 0.491 e. The molecular formula is C18H20ClNO2. The molecule has 2 rings (SSSR count). The predicted octanol–water partition coefficient (Wildman–Crippen LogP) is 4.45. The van der Waals surface area contributed by atoms with E-state index >= 15 is 0 Å². The third-order valence-electron chi connectivity index (χ3n) is 3.43. The van der Waals surface area contributed by atoms with Crippen molar-refractivity contribution in [3.63, 3.8) is 0 Å². The highest BCUT2D eigenvalue weighted by atomic mass is 35.5. The maximum Gasteiger partial charge on any atom is 0.251 e.